The number of carboxylic acid groups (broad SMARTS) is 1. The maximum Gasteiger partial charge on any atom is 0.337 e. The van der Waals surface area contributed by atoms with Crippen LogP contribution >= 0.6 is 0 Å². The Balaban J connectivity index is 1.54. The van der Waals surface area contributed by atoms with Crippen molar-refractivity contribution in [2.45, 2.75) is 50.0 Å². The molecule has 2 fully saturated rings. The minimum Gasteiger partial charge on any atom is -0.494 e. The summed E-state index contributed by atoms with van der Waals surface area (Å²) in [5, 5.41) is 9.44. The van der Waals surface area contributed by atoms with Gasteiger partial charge in [0.05, 0.1) is 22.8 Å². The molecule has 9 nitrogen and oxygen atoms in total. The fraction of sp³-hybridized carbons (Fsp3) is 0.500. The van der Waals surface area contributed by atoms with Crippen molar-refractivity contribution in [2.75, 3.05) is 42.4 Å². The zero-order valence-corrected chi connectivity index (χ0v) is 20.3. The highest BCUT2D eigenvalue weighted by Crippen LogP contribution is 2.31. The van der Waals surface area contributed by atoms with E-state index in [-0.39, 0.29) is 16.1 Å². The number of carboxylic acids is 1. The molecule has 0 amide bonds. The van der Waals surface area contributed by atoms with Crippen LogP contribution in [-0.4, -0.2) is 68.2 Å². The lowest BCUT2D eigenvalue weighted by molar-refractivity contribution is 0.0696. The van der Waals surface area contributed by atoms with Gasteiger partial charge in [0.2, 0.25) is 0 Å². The van der Waals surface area contributed by atoms with Crippen molar-refractivity contribution in [3.05, 3.63) is 42.1 Å². The summed E-state index contributed by atoms with van der Waals surface area (Å²) in [7, 11) is -3.95. The molecule has 0 unspecified atom stereocenters. The molecule has 184 valence electrons. The molecule has 0 atom stereocenters. The van der Waals surface area contributed by atoms with Crippen LogP contribution in [0, 0.1) is 0 Å². The molecule has 34 heavy (non-hydrogen) atoms. The van der Waals surface area contributed by atoms with Gasteiger partial charge in [-0.25, -0.2) is 18.2 Å². The lowest BCUT2D eigenvalue weighted by atomic mass is 10.00. The predicted molar refractivity (Wildman–Crippen MR) is 130 cm³/mol. The van der Waals surface area contributed by atoms with Crippen molar-refractivity contribution in [1.29, 1.82) is 0 Å². The Morgan fingerprint density at radius 3 is 2.41 bits per heavy atom. The third-order valence-electron chi connectivity index (χ3n) is 6.47. The number of sulfonamides is 1. The first kappa shape index (κ1) is 24.3. The Hall–Kier alpha value is -2.85. The van der Waals surface area contributed by atoms with E-state index in [0.29, 0.717) is 24.2 Å². The first-order valence-electron chi connectivity index (χ1n) is 11.9. The maximum atomic E-state index is 13.1. The van der Waals surface area contributed by atoms with Gasteiger partial charge in [0.1, 0.15) is 5.75 Å². The molecule has 1 aromatic carbocycles. The average molecular weight is 489 g/mol. The van der Waals surface area contributed by atoms with Gasteiger partial charge in [0.15, 0.2) is 5.82 Å². The number of hydrogen-bond acceptors (Lipinski definition) is 7. The van der Waals surface area contributed by atoms with Gasteiger partial charge in [-0.05, 0) is 76.0 Å². The van der Waals surface area contributed by atoms with Crippen LogP contribution in [0.5, 0.6) is 5.75 Å². The van der Waals surface area contributed by atoms with Crippen molar-refractivity contribution in [3.63, 3.8) is 0 Å². The van der Waals surface area contributed by atoms with E-state index in [2.05, 4.69) is 14.6 Å². The quantitative estimate of drug-likeness (QED) is 0.581. The van der Waals surface area contributed by atoms with E-state index >= 15 is 0 Å². The largest absolute Gasteiger partial charge is 0.494 e. The zero-order chi connectivity index (χ0) is 24.1. The van der Waals surface area contributed by atoms with Crippen LogP contribution in [0.2, 0.25) is 0 Å². The summed E-state index contributed by atoms with van der Waals surface area (Å²) in [4.78, 5) is 20.6. The molecule has 3 heterocycles. The van der Waals surface area contributed by atoms with Gasteiger partial charge in [-0.1, -0.05) is 6.42 Å². The van der Waals surface area contributed by atoms with E-state index in [1.54, 1.807) is 12.1 Å². The molecule has 0 saturated carbocycles. The molecule has 2 saturated heterocycles. The molecular weight excluding hydrogens is 456 g/mol. The molecule has 0 bridgehead atoms. The molecule has 0 radical (unpaired) electrons. The molecule has 1 aromatic heterocycles. The number of likely N-dealkylation sites (tertiary alicyclic amines) is 1. The van der Waals surface area contributed by atoms with Crippen molar-refractivity contribution in [1.82, 2.24) is 9.88 Å². The van der Waals surface area contributed by atoms with E-state index in [9.17, 15) is 18.3 Å². The molecule has 2 N–H and O–H groups in total. The average Bonchev–Trinajstić information content (AvgIpc) is 2.85. The number of piperidine rings is 2. The lowest BCUT2D eigenvalue weighted by Gasteiger charge is -2.40. The van der Waals surface area contributed by atoms with Gasteiger partial charge < -0.3 is 19.6 Å². The van der Waals surface area contributed by atoms with Crippen molar-refractivity contribution >= 4 is 27.5 Å². The van der Waals surface area contributed by atoms with E-state index in [0.717, 1.165) is 39.0 Å². The second kappa shape index (κ2) is 10.6. The van der Waals surface area contributed by atoms with E-state index in [4.69, 9.17) is 4.74 Å². The molecule has 0 aliphatic carbocycles. The highest BCUT2D eigenvalue weighted by Gasteiger charge is 2.28. The van der Waals surface area contributed by atoms with Crippen LogP contribution in [0.15, 0.2) is 41.4 Å². The van der Waals surface area contributed by atoms with Gasteiger partial charge in [0.25, 0.3) is 10.0 Å². The monoisotopic (exact) mass is 488 g/mol. The van der Waals surface area contributed by atoms with Crippen LogP contribution in [0.25, 0.3) is 0 Å². The van der Waals surface area contributed by atoms with E-state index in [1.165, 1.54) is 43.7 Å². The molecule has 2 aliphatic rings. The van der Waals surface area contributed by atoms with Gasteiger partial charge in [-0.15, -0.1) is 0 Å². The molecule has 10 heteroatoms. The van der Waals surface area contributed by atoms with Crippen LogP contribution < -0.4 is 14.4 Å². The summed E-state index contributed by atoms with van der Waals surface area (Å²) >= 11 is 0. The predicted octanol–water partition coefficient (Wildman–Crippen LogP) is 3.43. The first-order chi connectivity index (χ1) is 16.4. The number of rotatable bonds is 8. The number of aromatic nitrogens is 1. The normalized spacial score (nSPS) is 18.0. The summed E-state index contributed by atoms with van der Waals surface area (Å²) in [6.07, 6.45) is 7.00. The fourth-order valence-electron chi connectivity index (χ4n) is 4.71. The Morgan fingerprint density at radius 2 is 1.79 bits per heavy atom. The second-order valence-corrected chi connectivity index (χ2v) is 10.4. The second-order valence-electron chi connectivity index (χ2n) is 8.73. The summed E-state index contributed by atoms with van der Waals surface area (Å²) < 4.78 is 34.1. The number of nitrogens with zero attached hydrogens (tertiary/aromatic N) is 3. The van der Waals surface area contributed by atoms with Crippen molar-refractivity contribution in [2.24, 2.45) is 0 Å². The Labute approximate surface area is 200 Å². The van der Waals surface area contributed by atoms with Crippen molar-refractivity contribution < 1.29 is 23.1 Å². The fourth-order valence-corrected chi connectivity index (χ4v) is 5.77. The minimum absolute atomic E-state index is 0.0615. The van der Waals surface area contributed by atoms with Crippen molar-refractivity contribution in [3.8, 4) is 5.75 Å². The number of hydrogen-bond donors (Lipinski definition) is 2. The molecule has 2 aromatic rings. The summed E-state index contributed by atoms with van der Waals surface area (Å²) in [5.41, 5.74) is 0.0987. The Kier molecular flexibility index (Phi) is 7.57. The standard InChI is InChI=1S/C24H32N4O5S/c1-2-33-20-6-8-21(9-7-20)34(31,32)26-22-16-18(24(29)30)17-25-23(22)28-14-10-19(11-15-28)27-12-4-3-5-13-27/h6-9,16-17,19,26H,2-5,10-15H2,1H3,(H,29,30). The van der Waals surface area contributed by atoms with Crippen LogP contribution in [0.3, 0.4) is 0 Å². The molecule has 0 spiro atoms. The highest BCUT2D eigenvalue weighted by molar-refractivity contribution is 7.92. The van der Waals surface area contributed by atoms with Gasteiger partial charge in [-0.2, -0.15) is 0 Å². The third-order valence-corrected chi connectivity index (χ3v) is 7.86. The number of benzene rings is 1. The maximum absolute atomic E-state index is 13.1. The topological polar surface area (TPSA) is 112 Å². The Morgan fingerprint density at radius 1 is 1.12 bits per heavy atom. The lowest BCUT2D eigenvalue weighted by Crippen LogP contribution is -2.47. The van der Waals surface area contributed by atoms with Crippen LogP contribution in [-0.2, 0) is 10.0 Å². The van der Waals surface area contributed by atoms with E-state index in [1.807, 2.05) is 11.8 Å². The number of pyridine rings is 1. The number of carbonyl (C=O) groups is 1. The third kappa shape index (κ3) is 5.61. The number of nitrogens with one attached hydrogen (secondary N) is 1. The number of ether oxygens (including phenoxy) is 1. The molecular formula is C24H32N4O5S. The highest BCUT2D eigenvalue weighted by atomic mass is 32.2. The summed E-state index contributed by atoms with van der Waals surface area (Å²) in [6.45, 7) is 6.09. The van der Waals surface area contributed by atoms with E-state index < -0.39 is 16.0 Å². The summed E-state index contributed by atoms with van der Waals surface area (Å²) in [5.74, 6) is -0.130. The van der Waals surface area contributed by atoms with Crippen LogP contribution in [0.1, 0.15) is 49.4 Å². The smallest absolute Gasteiger partial charge is 0.337 e. The van der Waals surface area contributed by atoms with Crippen LogP contribution in [0.4, 0.5) is 11.5 Å². The number of anilines is 2. The van der Waals surface area contributed by atoms with Gasteiger partial charge in [-0.3, -0.25) is 4.72 Å². The SMILES string of the molecule is CCOc1ccc(S(=O)(=O)Nc2cc(C(=O)O)cnc2N2CCC(N3CCCCC3)CC2)cc1. The van der Waals surface area contributed by atoms with Gasteiger partial charge in [0, 0.05) is 25.3 Å². The number of aromatic carboxylic acids is 1. The molecule has 4 rings (SSSR count). The first-order valence-corrected chi connectivity index (χ1v) is 13.3. The molecule has 2 aliphatic heterocycles. The Bertz CT molecular complexity index is 1090. The summed E-state index contributed by atoms with van der Waals surface area (Å²) in [6, 6.07) is 7.98. The zero-order valence-electron chi connectivity index (χ0n) is 19.4. The van der Waals surface area contributed by atoms with Gasteiger partial charge >= 0.3 is 5.97 Å². The minimum atomic E-state index is -3.95.